The molecule has 1 aliphatic heterocycles. The van der Waals surface area contributed by atoms with E-state index in [-0.39, 0.29) is 18.8 Å². The lowest BCUT2D eigenvalue weighted by atomic mass is 10.3. The average molecular weight is 276 g/mol. The van der Waals surface area contributed by atoms with Crippen LogP contribution in [0.1, 0.15) is 0 Å². The van der Waals surface area contributed by atoms with Crippen LogP contribution < -0.4 is 5.73 Å². The third kappa shape index (κ3) is 2.19. The topological polar surface area (TPSA) is 104 Å². The molecule has 1 fully saturated rings. The van der Waals surface area contributed by atoms with Gasteiger partial charge in [0.05, 0.1) is 12.2 Å². The molecule has 8 heteroatoms. The summed E-state index contributed by atoms with van der Waals surface area (Å²) < 4.78 is 38.6. The molecule has 1 heterocycles. The molecule has 0 amide bonds. The van der Waals surface area contributed by atoms with Crippen LogP contribution in [0.5, 0.6) is 0 Å². The lowest BCUT2D eigenvalue weighted by Crippen LogP contribution is -2.30. The van der Waals surface area contributed by atoms with Gasteiger partial charge in [0, 0.05) is 18.8 Å². The van der Waals surface area contributed by atoms with Gasteiger partial charge in [0.2, 0.25) is 10.0 Å². The molecule has 1 saturated heterocycles. The Labute approximate surface area is 103 Å². The predicted octanol–water partition coefficient (Wildman–Crippen LogP) is -0.866. The van der Waals surface area contributed by atoms with Gasteiger partial charge in [-0.2, -0.15) is 4.31 Å². The fourth-order valence-corrected chi connectivity index (χ4v) is 3.36. The van der Waals surface area contributed by atoms with Crippen LogP contribution in [0, 0.1) is 5.82 Å². The van der Waals surface area contributed by atoms with E-state index in [1.807, 2.05) is 0 Å². The maximum atomic E-state index is 13.5. The first-order valence-electron chi connectivity index (χ1n) is 5.23. The van der Waals surface area contributed by atoms with E-state index in [1.165, 1.54) is 6.07 Å². The molecule has 100 valence electrons. The van der Waals surface area contributed by atoms with E-state index in [2.05, 4.69) is 0 Å². The molecule has 0 unspecified atom stereocenters. The Kier molecular flexibility index (Phi) is 3.28. The maximum absolute atomic E-state index is 13.5. The van der Waals surface area contributed by atoms with E-state index in [1.54, 1.807) is 0 Å². The lowest BCUT2D eigenvalue weighted by Gasteiger charge is -2.16. The zero-order chi connectivity index (χ0) is 13.5. The first-order valence-corrected chi connectivity index (χ1v) is 6.67. The predicted molar refractivity (Wildman–Crippen MR) is 61.6 cm³/mol. The van der Waals surface area contributed by atoms with Gasteiger partial charge in [-0.15, -0.1) is 0 Å². The first-order chi connectivity index (χ1) is 8.32. The van der Waals surface area contributed by atoms with E-state index >= 15 is 0 Å². The highest BCUT2D eigenvalue weighted by molar-refractivity contribution is 7.89. The molecule has 18 heavy (non-hydrogen) atoms. The van der Waals surface area contributed by atoms with E-state index in [0.29, 0.717) is 0 Å². The van der Waals surface area contributed by atoms with Gasteiger partial charge in [-0.3, -0.25) is 0 Å². The lowest BCUT2D eigenvalue weighted by molar-refractivity contribution is 0.0572. The number of sulfonamides is 1. The molecule has 1 aliphatic rings. The Morgan fingerprint density at radius 2 is 1.83 bits per heavy atom. The number of hydrogen-bond donors (Lipinski definition) is 3. The van der Waals surface area contributed by atoms with E-state index < -0.39 is 32.9 Å². The molecule has 1 aromatic carbocycles. The van der Waals surface area contributed by atoms with E-state index in [0.717, 1.165) is 16.4 Å². The Morgan fingerprint density at radius 1 is 1.28 bits per heavy atom. The van der Waals surface area contributed by atoms with E-state index in [4.69, 9.17) is 5.73 Å². The largest absolute Gasteiger partial charge is 0.399 e. The van der Waals surface area contributed by atoms with Crippen molar-refractivity contribution in [2.75, 3.05) is 18.8 Å². The second-order valence-corrected chi connectivity index (χ2v) is 6.05. The summed E-state index contributed by atoms with van der Waals surface area (Å²) in [6.07, 6.45) is -2.33. The van der Waals surface area contributed by atoms with Crippen molar-refractivity contribution in [3.05, 3.63) is 24.0 Å². The number of anilines is 1. The fraction of sp³-hybridized carbons (Fsp3) is 0.400. The Bertz CT molecular complexity index is 553. The third-order valence-electron chi connectivity index (χ3n) is 2.80. The van der Waals surface area contributed by atoms with Crippen molar-refractivity contribution in [2.45, 2.75) is 17.1 Å². The van der Waals surface area contributed by atoms with Gasteiger partial charge in [-0.1, -0.05) is 0 Å². The highest BCUT2D eigenvalue weighted by atomic mass is 32.2. The molecule has 0 bridgehead atoms. The monoisotopic (exact) mass is 276 g/mol. The molecule has 0 aromatic heterocycles. The number of nitrogens with two attached hydrogens (primary N) is 1. The number of aliphatic hydroxyl groups is 2. The Morgan fingerprint density at radius 3 is 2.39 bits per heavy atom. The Hall–Kier alpha value is -1.22. The van der Waals surface area contributed by atoms with Crippen molar-refractivity contribution in [3.63, 3.8) is 0 Å². The molecule has 2 rings (SSSR count). The molecule has 6 nitrogen and oxygen atoms in total. The van der Waals surface area contributed by atoms with Gasteiger partial charge in [0.15, 0.2) is 0 Å². The quantitative estimate of drug-likeness (QED) is 0.609. The van der Waals surface area contributed by atoms with E-state index in [9.17, 15) is 23.0 Å². The van der Waals surface area contributed by atoms with Crippen LogP contribution in [0.2, 0.25) is 0 Å². The van der Waals surface area contributed by atoms with Gasteiger partial charge in [-0.25, -0.2) is 12.8 Å². The molecule has 0 saturated carbocycles. The summed E-state index contributed by atoms with van der Waals surface area (Å²) in [5.74, 6) is -0.917. The van der Waals surface area contributed by atoms with Gasteiger partial charge in [-0.05, 0) is 18.2 Å². The maximum Gasteiger partial charge on any atom is 0.246 e. The highest BCUT2D eigenvalue weighted by Gasteiger charge is 2.38. The molecule has 0 aliphatic carbocycles. The SMILES string of the molecule is Nc1ccc(F)c(S(=O)(=O)N2C[C@@H](O)[C@@H](O)C2)c1. The number of rotatable bonds is 2. The summed E-state index contributed by atoms with van der Waals surface area (Å²) in [7, 11) is -4.10. The van der Waals surface area contributed by atoms with Crippen LogP contribution in [0.4, 0.5) is 10.1 Å². The number of nitrogen functional groups attached to an aromatic ring is 1. The van der Waals surface area contributed by atoms with Crippen molar-refractivity contribution in [1.29, 1.82) is 0 Å². The summed E-state index contributed by atoms with van der Waals surface area (Å²) in [5, 5.41) is 18.7. The van der Waals surface area contributed by atoms with Gasteiger partial charge in [0.1, 0.15) is 10.7 Å². The van der Waals surface area contributed by atoms with Gasteiger partial charge < -0.3 is 15.9 Å². The summed E-state index contributed by atoms with van der Waals surface area (Å²) in [6.45, 7) is -0.532. The highest BCUT2D eigenvalue weighted by Crippen LogP contribution is 2.25. The second-order valence-electron chi connectivity index (χ2n) is 4.15. The summed E-state index contributed by atoms with van der Waals surface area (Å²) >= 11 is 0. The standard InChI is InChI=1S/C10H13FN2O4S/c11-7-2-1-6(12)3-10(7)18(16,17)13-4-8(14)9(15)5-13/h1-3,8-9,14-15H,4-5,12H2/t8-,9+. The zero-order valence-corrected chi connectivity index (χ0v) is 10.1. The molecule has 2 atom stereocenters. The van der Waals surface area contributed by atoms with Crippen LogP contribution in [-0.4, -0.2) is 48.2 Å². The minimum Gasteiger partial charge on any atom is -0.399 e. The number of aliphatic hydroxyl groups excluding tert-OH is 2. The number of benzene rings is 1. The minimum absolute atomic E-state index is 0.121. The number of hydrogen-bond acceptors (Lipinski definition) is 5. The Balaban J connectivity index is 2.40. The van der Waals surface area contributed by atoms with Crippen LogP contribution in [-0.2, 0) is 10.0 Å². The minimum atomic E-state index is -4.10. The third-order valence-corrected chi connectivity index (χ3v) is 4.65. The van der Waals surface area contributed by atoms with Crippen LogP contribution in [0.25, 0.3) is 0 Å². The van der Waals surface area contributed by atoms with Crippen molar-refractivity contribution in [1.82, 2.24) is 4.31 Å². The molecule has 1 aromatic rings. The van der Waals surface area contributed by atoms with Crippen molar-refractivity contribution in [3.8, 4) is 0 Å². The van der Waals surface area contributed by atoms with Crippen LogP contribution >= 0.6 is 0 Å². The molecule has 4 N–H and O–H groups in total. The van der Waals surface area contributed by atoms with Crippen LogP contribution in [0.15, 0.2) is 23.1 Å². The summed E-state index contributed by atoms with van der Waals surface area (Å²) in [4.78, 5) is -0.552. The molecular weight excluding hydrogens is 263 g/mol. The van der Waals surface area contributed by atoms with Crippen LogP contribution in [0.3, 0.4) is 0 Å². The van der Waals surface area contributed by atoms with Gasteiger partial charge in [0.25, 0.3) is 0 Å². The molecular formula is C10H13FN2O4S. The number of halogens is 1. The smallest absolute Gasteiger partial charge is 0.246 e. The van der Waals surface area contributed by atoms with Crippen molar-refractivity contribution < 1.29 is 23.0 Å². The fourth-order valence-electron chi connectivity index (χ4n) is 1.79. The zero-order valence-electron chi connectivity index (χ0n) is 9.32. The average Bonchev–Trinajstić information content (AvgIpc) is 2.63. The molecule has 0 radical (unpaired) electrons. The van der Waals surface area contributed by atoms with Crippen molar-refractivity contribution in [2.24, 2.45) is 0 Å². The summed E-state index contributed by atoms with van der Waals surface area (Å²) in [5.41, 5.74) is 5.55. The number of β-amino-alcohol motifs (C(OH)–C–C–N with tert-alkyl or cyclic N) is 2. The van der Waals surface area contributed by atoms with Crippen molar-refractivity contribution >= 4 is 15.7 Å². The molecule has 0 spiro atoms. The first kappa shape index (κ1) is 13.2. The number of nitrogens with zero attached hydrogens (tertiary/aromatic N) is 1. The normalized spacial score (nSPS) is 25.5. The summed E-state index contributed by atoms with van der Waals surface area (Å²) in [6, 6.07) is 3.23. The van der Waals surface area contributed by atoms with Gasteiger partial charge >= 0.3 is 0 Å². The second kappa shape index (κ2) is 4.47.